The highest BCUT2D eigenvalue weighted by molar-refractivity contribution is 5.98. The molecule has 0 amide bonds. The van der Waals surface area contributed by atoms with Crippen LogP contribution in [-0.2, 0) is 0 Å². The minimum Gasteiger partial charge on any atom is -0.477 e. The fraction of sp³-hybridized carbons (Fsp3) is 0.357. The van der Waals surface area contributed by atoms with Crippen molar-refractivity contribution < 1.29 is 14.3 Å². The number of fused-ring (bicyclic) bond motifs is 1. The van der Waals surface area contributed by atoms with Gasteiger partial charge in [-0.15, -0.1) is 0 Å². The number of aromatic amines is 1. The summed E-state index contributed by atoms with van der Waals surface area (Å²) < 4.78 is 13.8. The van der Waals surface area contributed by atoms with Crippen LogP contribution in [0, 0.1) is 5.82 Å². The van der Waals surface area contributed by atoms with Gasteiger partial charge in [-0.2, -0.15) is 0 Å². The zero-order valence-corrected chi connectivity index (χ0v) is 10.4. The van der Waals surface area contributed by atoms with Crippen molar-refractivity contribution in [3.05, 3.63) is 35.3 Å². The van der Waals surface area contributed by atoms with E-state index in [-0.39, 0.29) is 11.6 Å². The van der Waals surface area contributed by atoms with Gasteiger partial charge in [0.25, 0.3) is 0 Å². The molecule has 0 unspecified atom stereocenters. The number of benzene rings is 1. The maximum Gasteiger partial charge on any atom is 0.352 e. The van der Waals surface area contributed by atoms with Gasteiger partial charge < -0.3 is 15.4 Å². The molecule has 1 aromatic heterocycles. The van der Waals surface area contributed by atoms with E-state index in [1.54, 1.807) is 12.1 Å². The average molecular weight is 262 g/mol. The van der Waals surface area contributed by atoms with Crippen molar-refractivity contribution in [2.75, 3.05) is 13.1 Å². The molecule has 3 N–H and O–H groups in total. The largest absolute Gasteiger partial charge is 0.477 e. The minimum atomic E-state index is -1.02. The van der Waals surface area contributed by atoms with E-state index in [0.29, 0.717) is 10.9 Å². The first-order valence-electron chi connectivity index (χ1n) is 6.42. The van der Waals surface area contributed by atoms with Crippen molar-refractivity contribution in [2.45, 2.75) is 18.8 Å². The standard InChI is InChI=1S/C14H15FN2O2/c15-10-3-1-2-9-11(8-4-6-16-7-5-8)13(14(18)19)17-12(9)10/h1-3,8,16-17H,4-7H2,(H,18,19). The van der Waals surface area contributed by atoms with Crippen LogP contribution in [0.2, 0.25) is 0 Å². The van der Waals surface area contributed by atoms with Crippen LogP contribution in [0.5, 0.6) is 0 Å². The molecule has 3 rings (SSSR count). The van der Waals surface area contributed by atoms with Crippen LogP contribution >= 0.6 is 0 Å². The Hall–Kier alpha value is -1.88. The van der Waals surface area contributed by atoms with Crippen molar-refractivity contribution in [3.8, 4) is 0 Å². The summed E-state index contributed by atoms with van der Waals surface area (Å²) in [6.07, 6.45) is 1.76. The van der Waals surface area contributed by atoms with Crippen LogP contribution in [0.15, 0.2) is 18.2 Å². The predicted molar refractivity (Wildman–Crippen MR) is 70.1 cm³/mol. The van der Waals surface area contributed by atoms with Crippen LogP contribution in [0.4, 0.5) is 4.39 Å². The number of hydrogen-bond acceptors (Lipinski definition) is 2. The first-order valence-corrected chi connectivity index (χ1v) is 6.42. The molecule has 2 heterocycles. The monoisotopic (exact) mass is 262 g/mol. The second-order valence-electron chi connectivity index (χ2n) is 4.91. The molecule has 4 nitrogen and oxygen atoms in total. The zero-order valence-electron chi connectivity index (χ0n) is 10.4. The third kappa shape index (κ3) is 2.00. The van der Waals surface area contributed by atoms with Crippen LogP contribution in [0.3, 0.4) is 0 Å². The van der Waals surface area contributed by atoms with Gasteiger partial charge in [-0.3, -0.25) is 0 Å². The van der Waals surface area contributed by atoms with Gasteiger partial charge in [-0.25, -0.2) is 9.18 Å². The van der Waals surface area contributed by atoms with Gasteiger partial charge in [-0.1, -0.05) is 12.1 Å². The molecule has 0 atom stereocenters. The summed E-state index contributed by atoms with van der Waals surface area (Å²) in [5.74, 6) is -1.26. The summed E-state index contributed by atoms with van der Waals surface area (Å²) >= 11 is 0. The van der Waals surface area contributed by atoms with Gasteiger partial charge in [0.1, 0.15) is 11.5 Å². The summed E-state index contributed by atoms with van der Waals surface area (Å²) in [7, 11) is 0. The van der Waals surface area contributed by atoms with Gasteiger partial charge in [0.05, 0.1) is 5.52 Å². The molecule has 1 aromatic carbocycles. The highest BCUT2D eigenvalue weighted by atomic mass is 19.1. The van der Waals surface area contributed by atoms with E-state index >= 15 is 0 Å². The number of piperidine rings is 1. The third-order valence-electron chi connectivity index (χ3n) is 3.78. The number of halogens is 1. The van der Waals surface area contributed by atoms with E-state index < -0.39 is 11.8 Å². The Bertz CT molecular complexity index is 630. The Morgan fingerprint density at radius 3 is 2.74 bits per heavy atom. The fourth-order valence-electron chi connectivity index (χ4n) is 2.91. The lowest BCUT2D eigenvalue weighted by Crippen LogP contribution is -2.27. The maximum atomic E-state index is 13.8. The Balaban J connectivity index is 2.21. The molecular weight excluding hydrogens is 247 g/mol. The topological polar surface area (TPSA) is 65.1 Å². The Morgan fingerprint density at radius 2 is 2.05 bits per heavy atom. The van der Waals surface area contributed by atoms with Gasteiger partial charge in [0.2, 0.25) is 0 Å². The van der Waals surface area contributed by atoms with Crippen molar-refractivity contribution in [2.24, 2.45) is 0 Å². The molecule has 0 aliphatic carbocycles. The van der Waals surface area contributed by atoms with Crippen LogP contribution in [0.1, 0.15) is 34.8 Å². The zero-order chi connectivity index (χ0) is 13.4. The van der Waals surface area contributed by atoms with Crippen molar-refractivity contribution in [1.29, 1.82) is 0 Å². The number of hydrogen-bond donors (Lipinski definition) is 3. The summed E-state index contributed by atoms with van der Waals surface area (Å²) in [6.45, 7) is 1.73. The lowest BCUT2D eigenvalue weighted by atomic mass is 9.88. The highest BCUT2D eigenvalue weighted by Gasteiger charge is 2.26. The quantitative estimate of drug-likeness (QED) is 0.779. The molecule has 0 spiro atoms. The SMILES string of the molecule is O=C(O)c1[nH]c2c(F)cccc2c1C1CCNCC1. The number of rotatable bonds is 2. The number of nitrogens with one attached hydrogen (secondary N) is 2. The molecule has 100 valence electrons. The van der Waals surface area contributed by atoms with Gasteiger partial charge in [-0.05, 0) is 43.5 Å². The summed E-state index contributed by atoms with van der Waals surface area (Å²) in [5.41, 5.74) is 1.18. The second kappa shape index (κ2) is 4.66. The minimum absolute atomic E-state index is 0.131. The predicted octanol–water partition coefficient (Wildman–Crippen LogP) is 2.47. The molecule has 19 heavy (non-hydrogen) atoms. The molecule has 2 aromatic rings. The van der Waals surface area contributed by atoms with E-state index in [9.17, 15) is 14.3 Å². The Kier molecular flexibility index (Phi) is 2.98. The number of carbonyl (C=O) groups is 1. The van der Waals surface area contributed by atoms with Crippen molar-refractivity contribution in [1.82, 2.24) is 10.3 Å². The van der Waals surface area contributed by atoms with Crippen LogP contribution in [0.25, 0.3) is 10.9 Å². The molecular formula is C14H15FN2O2. The molecule has 0 saturated carbocycles. The number of aromatic nitrogens is 1. The summed E-state index contributed by atoms with van der Waals surface area (Å²) in [5, 5.41) is 13.3. The van der Waals surface area contributed by atoms with E-state index in [2.05, 4.69) is 10.3 Å². The Labute approximate surface area is 109 Å². The van der Waals surface area contributed by atoms with E-state index in [1.165, 1.54) is 6.07 Å². The first kappa shape index (κ1) is 12.2. The third-order valence-corrected chi connectivity index (χ3v) is 3.78. The second-order valence-corrected chi connectivity index (χ2v) is 4.91. The van der Waals surface area contributed by atoms with Crippen LogP contribution in [-0.4, -0.2) is 29.1 Å². The number of carboxylic acid groups (broad SMARTS) is 1. The first-order chi connectivity index (χ1) is 9.18. The normalized spacial score (nSPS) is 16.9. The highest BCUT2D eigenvalue weighted by Crippen LogP contribution is 2.35. The van der Waals surface area contributed by atoms with Crippen molar-refractivity contribution >= 4 is 16.9 Å². The van der Waals surface area contributed by atoms with Gasteiger partial charge >= 0.3 is 5.97 Å². The number of para-hydroxylation sites is 1. The molecule has 1 saturated heterocycles. The smallest absolute Gasteiger partial charge is 0.352 e. The molecule has 0 bridgehead atoms. The number of aromatic carboxylic acids is 1. The number of carboxylic acids is 1. The van der Waals surface area contributed by atoms with Gasteiger partial charge in [0.15, 0.2) is 0 Å². The fourth-order valence-corrected chi connectivity index (χ4v) is 2.91. The van der Waals surface area contributed by atoms with E-state index in [4.69, 9.17) is 0 Å². The molecule has 1 fully saturated rings. The molecule has 1 aliphatic rings. The summed E-state index contributed by atoms with van der Waals surface area (Å²) in [4.78, 5) is 14.1. The lowest BCUT2D eigenvalue weighted by Gasteiger charge is -2.23. The molecule has 5 heteroatoms. The van der Waals surface area contributed by atoms with Crippen LogP contribution < -0.4 is 5.32 Å². The van der Waals surface area contributed by atoms with Crippen molar-refractivity contribution in [3.63, 3.8) is 0 Å². The van der Waals surface area contributed by atoms with Gasteiger partial charge in [0, 0.05) is 5.39 Å². The van der Waals surface area contributed by atoms with E-state index in [1.807, 2.05) is 0 Å². The number of H-pyrrole nitrogens is 1. The summed E-state index contributed by atoms with van der Waals surface area (Å²) in [6, 6.07) is 4.76. The molecule has 1 aliphatic heterocycles. The maximum absolute atomic E-state index is 13.8. The molecule has 0 radical (unpaired) electrons. The lowest BCUT2D eigenvalue weighted by molar-refractivity contribution is 0.0689. The van der Waals surface area contributed by atoms with E-state index in [0.717, 1.165) is 31.5 Å². The Morgan fingerprint density at radius 1 is 1.32 bits per heavy atom. The average Bonchev–Trinajstić information content (AvgIpc) is 2.81.